The number of aromatic nitrogens is 1. The van der Waals surface area contributed by atoms with E-state index in [1.165, 1.54) is 6.20 Å². The molecule has 25 heavy (non-hydrogen) atoms. The number of amides is 1. The van der Waals surface area contributed by atoms with E-state index in [4.69, 9.17) is 0 Å². The molecule has 2 heterocycles. The Bertz CT molecular complexity index is 775. The normalized spacial score (nSPS) is 15.2. The number of pyridine rings is 1. The standard InChI is InChI=1S/C20H25N3O2/c1-20(2,3)17-9-14(16-11-18(24)13-22-12-16)8-15(10-17)19(25)23-6-4-21-5-7-23/h8-13,21,24H,4-7H2,1-3H3. The number of nitrogens with one attached hydrogen (secondary N) is 1. The van der Waals surface area contributed by atoms with E-state index in [0.29, 0.717) is 5.56 Å². The molecular weight excluding hydrogens is 314 g/mol. The second-order valence-electron chi connectivity index (χ2n) is 7.52. The largest absolute Gasteiger partial charge is 0.506 e. The molecule has 5 nitrogen and oxygen atoms in total. The Labute approximate surface area is 148 Å². The molecule has 0 saturated carbocycles. The molecule has 2 N–H and O–H groups in total. The van der Waals surface area contributed by atoms with Gasteiger partial charge in [-0.3, -0.25) is 9.78 Å². The Morgan fingerprint density at radius 3 is 2.44 bits per heavy atom. The van der Waals surface area contributed by atoms with E-state index in [1.54, 1.807) is 12.3 Å². The van der Waals surface area contributed by atoms with E-state index >= 15 is 0 Å². The summed E-state index contributed by atoms with van der Waals surface area (Å²) in [5.41, 5.74) is 3.40. The molecule has 1 aliphatic rings. The van der Waals surface area contributed by atoms with Gasteiger partial charge in [0, 0.05) is 43.5 Å². The zero-order valence-corrected chi connectivity index (χ0v) is 15.0. The lowest BCUT2D eigenvalue weighted by molar-refractivity contribution is 0.0735. The van der Waals surface area contributed by atoms with E-state index in [-0.39, 0.29) is 17.1 Å². The van der Waals surface area contributed by atoms with E-state index in [0.717, 1.165) is 42.9 Å². The third-order valence-corrected chi connectivity index (χ3v) is 4.51. The lowest BCUT2D eigenvalue weighted by Gasteiger charge is -2.28. The van der Waals surface area contributed by atoms with Crippen molar-refractivity contribution in [1.82, 2.24) is 15.2 Å². The van der Waals surface area contributed by atoms with Crippen molar-refractivity contribution in [3.63, 3.8) is 0 Å². The number of benzene rings is 1. The van der Waals surface area contributed by atoms with Crippen LogP contribution in [0.25, 0.3) is 11.1 Å². The van der Waals surface area contributed by atoms with Crippen LogP contribution in [0.4, 0.5) is 0 Å². The molecule has 5 heteroatoms. The summed E-state index contributed by atoms with van der Waals surface area (Å²) >= 11 is 0. The summed E-state index contributed by atoms with van der Waals surface area (Å²) in [6.07, 6.45) is 3.12. The van der Waals surface area contributed by atoms with Crippen LogP contribution in [0.3, 0.4) is 0 Å². The lowest BCUT2D eigenvalue weighted by Crippen LogP contribution is -2.46. The average Bonchev–Trinajstić information content (AvgIpc) is 2.61. The minimum Gasteiger partial charge on any atom is -0.506 e. The molecule has 1 aliphatic heterocycles. The molecule has 0 spiro atoms. The van der Waals surface area contributed by atoms with Gasteiger partial charge in [-0.2, -0.15) is 0 Å². The molecular formula is C20H25N3O2. The van der Waals surface area contributed by atoms with Crippen LogP contribution in [0, 0.1) is 0 Å². The number of rotatable bonds is 2. The van der Waals surface area contributed by atoms with Gasteiger partial charge in [-0.05, 0) is 34.7 Å². The number of aromatic hydroxyl groups is 1. The zero-order chi connectivity index (χ0) is 18.0. The molecule has 132 valence electrons. The number of hydrogen-bond acceptors (Lipinski definition) is 4. The third-order valence-electron chi connectivity index (χ3n) is 4.51. The molecule has 1 saturated heterocycles. The van der Waals surface area contributed by atoms with Crippen LogP contribution in [0.1, 0.15) is 36.7 Å². The quantitative estimate of drug-likeness (QED) is 0.883. The highest BCUT2D eigenvalue weighted by Crippen LogP contribution is 2.30. The first-order valence-corrected chi connectivity index (χ1v) is 8.64. The van der Waals surface area contributed by atoms with Crippen molar-refractivity contribution in [2.75, 3.05) is 26.2 Å². The Hall–Kier alpha value is -2.40. The first-order valence-electron chi connectivity index (χ1n) is 8.64. The molecule has 3 rings (SSSR count). The second kappa shape index (κ2) is 6.84. The predicted octanol–water partition coefficient (Wildman–Crippen LogP) is 2.80. The van der Waals surface area contributed by atoms with Crippen molar-refractivity contribution < 1.29 is 9.90 Å². The van der Waals surface area contributed by atoms with Gasteiger partial charge >= 0.3 is 0 Å². The molecule has 0 radical (unpaired) electrons. The molecule has 1 fully saturated rings. The van der Waals surface area contributed by atoms with Crippen LogP contribution in [0.5, 0.6) is 5.75 Å². The monoisotopic (exact) mass is 339 g/mol. The number of nitrogens with zero attached hydrogens (tertiary/aromatic N) is 2. The van der Waals surface area contributed by atoms with Crippen LogP contribution in [0.2, 0.25) is 0 Å². The average molecular weight is 339 g/mol. The van der Waals surface area contributed by atoms with Crippen LogP contribution in [-0.4, -0.2) is 47.1 Å². The topological polar surface area (TPSA) is 65.5 Å². The number of carbonyl (C=O) groups excluding carboxylic acids is 1. The van der Waals surface area contributed by atoms with Gasteiger partial charge in [0.05, 0.1) is 6.20 Å². The number of hydrogen-bond donors (Lipinski definition) is 2. The van der Waals surface area contributed by atoms with E-state index in [1.807, 2.05) is 17.0 Å². The molecule has 1 aromatic heterocycles. The van der Waals surface area contributed by atoms with Crippen LogP contribution in [0.15, 0.2) is 36.7 Å². The fourth-order valence-corrected chi connectivity index (χ4v) is 2.99. The highest BCUT2D eigenvalue weighted by Gasteiger charge is 2.22. The summed E-state index contributed by atoms with van der Waals surface area (Å²) in [6, 6.07) is 7.64. The van der Waals surface area contributed by atoms with Crippen LogP contribution in [-0.2, 0) is 5.41 Å². The summed E-state index contributed by atoms with van der Waals surface area (Å²) in [4.78, 5) is 18.9. The summed E-state index contributed by atoms with van der Waals surface area (Å²) in [6.45, 7) is 9.49. The van der Waals surface area contributed by atoms with Crippen molar-refractivity contribution >= 4 is 5.91 Å². The number of carbonyl (C=O) groups is 1. The highest BCUT2D eigenvalue weighted by atomic mass is 16.3. The van der Waals surface area contributed by atoms with Gasteiger partial charge in [0.25, 0.3) is 5.91 Å². The smallest absolute Gasteiger partial charge is 0.253 e. The number of piperazine rings is 1. The Morgan fingerprint density at radius 1 is 1.08 bits per heavy atom. The first kappa shape index (κ1) is 17.4. The van der Waals surface area contributed by atoms with Gasteiger partial charge in [0.2, 0.25) is 0 Å². The first-order chi connectivity index (χ1) is 11.8. The molecule has 1 aromatic carbocycles. The molecule has 1 amide bonds. The summed E-state index contributed by atoms with van der Waals surface area (Å²) in [7, 11) is 0. The van der Waals surface area contributed by atoms with E-state index < -0.39 is 0 Å². The van der Waals surface area contributed by atoms with Crippen molar-refractivity contribution in [2.24, 2.45) is 0 Å². The van der Waals surface area contributed by atoms with Gasteiger partial charge in [0.1, 0.15) is 5.75 Å². The van der Waals surface area contributed by atoms with Crippen molar-refractivity contribution in [3.05, 3.63) is 47.8 Å². The summed E-state index contributed by atoms with van der Waals surface area (Å²) in [5, 5.41) is 13.0. The summed E-state index contributed by atoms with van der Waals surface area (Å²) < 4.78 is 0. The second-order valence-corrected chi connectivity index (χ2v) is 7.52. The zero-order valence-electron chi connectivity index (χ0n) is 15.0. The fourth-order valence-electron chi connectivity index (χ4n) is 2.99. The minimum absolute atomic E-state index is 0.0574. The molecule has 0 bridgehead atoms. The van der Waals surface area contributed by atoms with Gasteiger partial charge in [-0.1, -0.05) is 26.8 Å². The van der Waals surface area contributed by atoms with Crippen molar-refractivity contribution in [3.8, 4) is 16.9 Å². The maximum Gasteiger partial charge on any atom is 0.253 e. The third kappa shape index (κ3) is 3.99. The van der Waals surface area contributed by atoms with Crippen molar-refractivity contribution in [2.45, 2.75) is 26.2 Å². The Morgan fingerprint density at radius 2 is 1.80 bits per heavy atom. The maximum absolute atomic E-state index is 13.0. The lowest BCUT2D eigenvalue weighted by atomic mass is 9.84. The van der Waals surface area contributed by atoms with Crippen LogP contribution >= 0.6 is 0 Å². The van der Waals surface area contributed by atoms with Gasteiger partial charge in [-0.25, -0.2) is 0 Å². The summed E-state index contributed by atoms with van der Waals surface area (Å²) in [5.74, 6) is 0.176. The SMILES string of the molecule is CC(C)(C)c1cc(C(=O)N2CCNCC2)cc(-c2cncc(O)c2)c1. The molecule has 0 atom stereocenters. The molecule has 0 aliphatic carbocycles. The Balaban J connectivity index is 2.05. The highest BCUT2D eigenvalue weighted by molar-refractivity contribution is 5.96. The van der Waals surface area contributed by atoms with E-state index in [2.05, 4.69) is 37.1 Å². The molecule has 0 unspecified atom stereocenters. The maximum atomic E-state index is 13.0. The van der Waals surface area contributed by atoms with Crippen molar-refractivity contribution in [1.29, 1.82) is 0 Å². The minimum atomic E-state index is -0.0846. The van der Waals surface area contributed by atoms with E-state index in [9.17, 15) is 9.90 Å². The predicted molar refractivity (Wildman–Crippen MR) is 98.8 cm³/mol. The van der Waals surface area contributed by atoms with Gasteiger partial charge < -0.3 is 15.3 Å². The van der Waals surface area contributed by atoms with Gasteiger partial charge in [-0.15, -0.1) is 0 Å². The Kier molecular flexibility index (Phi) is 4.77. The van der Waals surface area contributed by atoms with Gasteiger partial charge in [0.15, 0.2) is 0 Å². The fraction of sp³-hybridized carbons (Fsp3) is 0.400. The molecule has 2 aromatic rings. The van der Waals surface area contributed by atoms with Crippen LogP contribution < -0.4 is 5.32 Å².